The first-order valence-corrected chi connectivity index (χ1v) is 6.59. The van der Waals surface area contributed by atoms with Crippen LogP contribution in [0.1, 0.15) is 22.7 Å². The molecule has 0 radical (unpaired) electrons. The van der Waals surface area contributed by atoms with Crippen LogP contribution in [0.3, 0.4) is 0 Å². The van der Waals surface area contributed by atoms with Crippen molar-refractivity contribution in [3.63, 3.8) is 0 Å². The highest BCUT2D eigenvalue weighted by Crippen LogP contribution is 2.38. The first-order valence-electron chi connectivity index (χ1n) is 6.59. The normalized spacial score (nSPS) is 17.2. The standard InChI is InChI=1S/C16H14F2N2O/c1-9-4-2-3-5-10(9)8-20-13-7-11(17)6-12(18)14(13)15(19)16(20)21/h2-7,15H,8,19H2,1H3. The Labute approximate surface area is 121 Å². The van der Waals surface area contributed by atoms with E-state index in [1.807, 2.05) is 31.2 Å². The smallest absolute Gasteiger partial charge is 0.249 e. The molecule has 2 N–H and O–H groups in total. The van der Waals surface area contributed by atoms with Crippen LogP contribution in [0.4, 0.5) is 14.5 Å². The molecule has 1 unspecified atom stereocenters. The second kappa shape index (κ2) is 4.93. The van der Waals surface area contributed by atoms with Crippen molar-refractivity contribution >= 4 is 11.6 Å². The Kier molecular flexibility index (Phi) is 3.22. The lowest BCUT2D eigenvalue weighted by Crippen LogP contribution is -2.31. The van der Waals surface area contributed by atoms with Crippen LogP contribution in [0.25, 0.3) is 0 Å². The molecule has 2 aromatic rings. The Balaban J connectivity index is 2.06. The molecular formula is C16H14F2N2O. The van der Waals surface area contributed by atoms with Crippen LogP contribution in [0.15, 0.2) is 36.4 Å². The number of anilines is 1. The van der Waals surface area contributed by atoms with Crippen molar-refractivity contribution in [2.45, 2.75) is 19.5 Å². The molecule has 21 heavy (non-hydrogen) atoms. The number of amides is 1. The predicted molar refractivity (Wildman–Crippen MR) is 75.7 cm³/mol. The van der Waals surface area contributed by atoms with E-state index in [-0.39, 0.29) is 17.8 Å². The van der Waals surface area contributed by atoms with Gasteiger partial charge in [0, 0.05) is 11.6 Å². The van der Waals surface area contributed by atoms with Gasteiger partial charge in [-0.2, -0.15) is 0 Å². The van der Waals surface area contributed by atoms with Crippen LogP contribution >= 0.6 is 0 Å². The zero-order chi connectivity index (χ0) is 15.1. The number of nitrogens with zero attached hydrogens (tertiary/aromatic N) is 1. The average Bonchev–Trinajstić information content (AvgIpc) is 2.66. The zero-order valence-electron chi connectivity index (χ0n) is 11.4. The monoisotopic (exact) mass is 288 g/mol. The topological polar surface area (TPSA) is 46.3 Å². The third-order valence-electron chi connectivity index (χ3n) is 3.80. The van der Waals surface area contributed by atoms with Crippen molar-refractivity contribution in [1.82, 2.24) is 0 Å². The first-order chi connectivity index (χ1) is 9.99. The van der Waals surface area contributed by atoms with E-state index in [2.05, 4.69) is 0 Å². The Morgan fingerprint density at radius 1 is 1.24 bits per heavy atom. The van der Waals surface area contributed by atoms with Gasteiger partial charge in [-0.05, 0) is 24.1 Å². The largest absolute Gasteiger partial charge is 0.316 e. The van der Waals surface area contributed by atoms with Gasteiger partial charge in [0.05, 0.1) is 12.2 Å². The molecule has 108 valence electrons. The summed E-state index contributed by atoms with van der Waals surface area (Å²) in [5, 5.41) is 0. The SMILES string of the molecule is Cc1ccccc1CN1C(=O)C(N)c2c(F)cc(F)cc21. The third kappa shape index (κ3) is 2.19. The van der Waals surface area contributed by atoms with E-state index in [1.54, 1.807) is 0 Å². The number of nitrogens with two attached hydrogens (primary N) is 1. The predicted octanol–water partition coefficient (Wildman–Crippen LogP) is 2.82. The molecule has 1 aliphatic heterocycles. The van der Waals surface area contributed by atoms with Crippen molar-refractivity contribution in [2.24, 2.45) is 5.73 Å². The molecule has 2 aromatic carbocycles. The zero-order valence-corrected chi connectivity index (χ0v) is 11.4. The Bertz CT molecular complexity index is 730. The maximum Gasteiger partial charge on any atom is 0.249 e. The molecule has 3 rings (SSSR count). The molecule has 3 nitrogen and oxygen atoms in total. The Morgan fingerprint density at radius 3 is 2.67 bits per heavy atom. The molecule has 0 spiro atoms. The quantitative estimate of drug-likeness (QED) is 0.923. The van der Waals surface area contributed by atoms with Crippen LogP contribution < -0.4 is 10.6 Å². The number of aryl methyl sites for hydroxylation is 1. The van der Waals surface area contributed by atoms with Crippen LogP contribution in [0, 0.1) is 18.6 Å². The molecule has 0 fully saturated rings. The van der Waals surface area contributed by atoms with Crippen LogP contribution in [0.2, 0.25) is 0 Å². The van der Waals surface area contributed by atoms with Crippen LogP contribution in [0.5, 0.6) is 0 Å². The number of benzene rings is 2. The lowest BCUT2D eigenvalue weighted by atomic mass is 10.1. The molecular weight excluding hydrogens is 274 g/mol. The second-order valence-electron chi connectivity index (χ2n) is 5.15. The Hall–Kier alpha value is -2.27. The summed E-state index contributed by atoms with van der Waals surface area (Å²) < 4.78 is 27.3. The van der Waals surface area contributed by atoms with Gasteiger partial charge in [0.15, 0.2) is 0 Å². The summed E-state index contributed by atoms with van der Waals surface area (Å²) in [6, 6.07) is 8.37. The maximum absolute atomic E-state index is 13.9. The lowest BCUT2D eigenvalue weighted by molar-refractivity contribution is -0.119. The van der Waals surface area contributed by atoms with Gasteiger partial charge in [0.1, 0.15) is 17.7 Å². The summed E-state index contributed by atoms with van der Waals surface area (Å²) in [4.78, 5) is 13.6. The van der Waals surface area contributed by atoms with E-state index in [1.165, 1.54) is 4.90 Å². The van der Waals surface area contributed by atoms with Gasteiger partial charge >= 0.3 is 0 Å². The van der Waals surface area contributed by atoms with E-state index >= 15 is 0 Å². The average molecular weight is 288 g/mol. The van der Waals surface area contributed by atoms with Gasteiger partial charge < -0.3 is 10.6 Å². The summed E-state index contributed by atoms with van der Waals surface area (Å²) in [5.74, 6) is -1.92. The lowest BCUT2D eigenvalue weighted by Gasteiger charge is -2.19. The van der Waals surface area contributed by atoms with E-state index in [0.29, 0.717) is 0 Å². The maximum atomic E-state index is 13.9. The molecule has 0 saturated heterocycles. The number of rotatable bonds is 2. The summed E-state index contributed by atoms with van der Waals surface area (Å²) >= 11 is 0. The van der Waals surface area contributed by atoms with E-state index in [0.717, 1.165) is 23.3 Å². The highest BCUT2D eigenvalue weighted by atomic mass is 19.1. The fourth-order valence-corrected chi connectivity index (χ4v) is 2.63. The molecule has 0 bridgehead atoms. The van der Waals surface area contributed by atoms with Gasteiger partial charge in [-0.3, -0.25) is 4.79 Å². The summed E-state index contributed by atoms with van der Waals surface area (Å²) in [6.45, 7) is 2.16. The van der Waals surface area contributed by atoms with Gasteiger partial charge in [0.2, 0.25) is 5.91 Å². The molecule has 0 saturated carbocycles. The number of fused-ring (bicyclic) bond motifs is 1. The van der Waals surface area contributed by atoms with Gasteiger partial charge in [0.25, 0.3) is 0 Å². The molecule has 5 heteroatoms. The van der Waals surface area contributed by atoms with Gasteiger partial charge in [-0.25, -0.2) is 8.78 Å². The van der Waals surface area contributed by atoms with E-state index in [9.17, 15) is 13.6 Å². The molecule has 1 aliphatic rings. The number of hydrogen-bond acceptors (Lipinski definition) is 2. The van der Waals surface area contributed by atoms with Crippen molar-refractivity contribution < 1.29 is 13.6 Å². The first kappa shape index (κ1) is 13.7. The third-order valence-corrected chi connectivity index (χ3v) is 3.80. The minimum Gasteiger partial charge on any atom is -0.316 e. The van der Waals surface area contributed by atoms with Crippen molar-refractivity contribution in [1.29, 1.82) is 0 Å². The number of hydrogen-bond donors (Lipinski definition) is 1. The number of carbonyl (C=O) groups is 1. The summed E-state index contributed by atoms with van der Waals surface area (Å²) in [5.41, 5.74) is 7.97. The highest BCUT2D eigenvalue weighted by Gasteiger charge is 2.37. The van der Waals surface area contributed by atoms with Gasteiger partial charge in [-0.15, -0.1) is 0 Å². The van der Waals surface area contributed by atoms with E-state index < -0.39 is 23.6 Å². The minimum atomic E-state index is -1.08. The highest BCUT2D eigenvalue weighted by molar-refractivity contribution is 6.04. The molecule has 1 heterocycles. The summed E-state index contributed by atoms with van der Waals surface area (Å²) in [6.07, 6.45) is 0. The number of carbonyl (C=O) groups excluding carboxylic acids is 1. The fourth-order valence-electron chi connectivity index (χ4n) is 2.63. The Morgan fingerprint density at radius 2 is 1.95 bits per heavy atom. The molecule has 0 aromatic heterocycles. The van der Waals surface area contributed by atoms with Crippen molar-refractivity contribution in [3.8, 4) is 0 Å². The fraction of sp³-hybridized carbons (Fsp3) is 0.188. The van der Waals surface area contributed by atoms with E-state index in [4.69, 9.17) is 5.73 Å². The van der Waals surface area contributed by atoms with Crippen molar-refractivity contribution in [2.75, 3.05) is 4.90 Å². The minimum absolute atomic E-state index is 0.0648. The number of halogens is 2. The summed E-state index contributed by atoms with van der Waals surface area (Å²) in [7, 11) is 0. The van der Waals surface area contributed by atoms with Crippen LogP contribution in [-0.4, -0.2) is 5.91 Å². The van der Waals surface area contributed by atoms with Crippen molar-refractivity contribution in [3.05, 3.63) is 64.7 Å². The molecule has 1 amide bonds. The second-order valence-corrected chi connectivity index (χ2v) is 5.15. The molecule has 1 atom stereocenters. The van der Waals surface area contributed by atoms with Crippen LogP contribution in [-0.2, 0) is 11.3 Å². The van der Waals surface area contributed by atoms with Gasteiger partial charge in [-0.1, -0.05) is 24.3 Å². The molecule has 0 aliphatic carbocycles.